The van der Waals surface area contributed by atoms with Gasteiger partial charge in [0.2, 0.25) is 11.8 Å². The van der Waals surface area contributed by atoms with Gasteiger partial charge in [0, 0.05) is 18.5 Å². The van der Waals surface area contributed by atoms with Crippen molar-refractivity contribution in [1.82, 2.24) is 20.8 Å². The molecule has 2 fully saturated rings. The molecule has 0 radical (unpaired) electrons. The smallest absolute Gasteiger partial charge is 0.328 e. The zero-order chi connectivity index (χ0) is 22.8. The molecule has 2 N–H and O–H groups in total. The van der Waals surface area contributed by atoms with E-state index in [1.165, 1.54) is 29.2 Å². The number of aromatic nitrogens is 2. The Morgan fingerprint density at radius 2 is 1.94 bits per heavy atom. The number of fused-ring (bicyclic) bond motifs is 4. The molecule has 4 heterocycles. The number of urea groups is 1. The van der Waals surface area contributed by atoms with E-state index in [-0.39, 0.29) is 12.5 Å². The fourth-order valence-electron chi connectivity index (χ4n) is 5.07. The predicted octanol–water partition coefficient (Wildman–Crippen LogP) is 1.96. The zero-order valence-corrected chi connectivity index (χ0v) is 19.1. The van der Waals surface area contributed by atoms with Crippen LogP contribution in [0.3, 0.4) is 0 Å². The molecule has 2 saturated heterocycles. The molecule has 3 unspecified atom stereocenters. The van der Waals surface area contributed by atoms with Crippen molar-refractivity contribution in [3.63, 3.8) is 0 Å². The summed E-state index contributed by atoms with van der Waals surface area (Å²) in [6.07, 6.45) is 1.01. The third-order valence-corrected chi connectivity index (χ3v) is 8.13. The molecule has 4 amide bonds. The first-order valence-electron chi connectivity index (χ1n) is 10.0. The molecule has 1 aromatic heterocycles. The van der Waals surface area contributed by atoms with Crippen LogP contribution in [0.15, 0.2) is 16.5 Å². The molecule has 5 rings (SSSR count). The molecule has 0 bridgehead atoms. The van der Waals surface area contributed by atoms with E-state index < -0.39 is 41.2 Å². The quantitative estimate of drug-likeness (QED) is 0.499. The van der Waals surface area contributed by atoms with Gasteiger partial charge in [0.15, 0.2) is 9.75 Å². The van der Waals surface area contributed by atoms with Crippen LogP contribution in [0.25, 0.3) is 10.6 Å². The van der Waals surface area contributed by atoms with Gasteiger partial charge in [-0.05, 0) is 37.8 Å². The average molecular weight is 478 g/mol. The van der Waals surface area contributed by atoms with Crippen molar-refractivity contribution >= 4 is 46.6 Å². The molecule has 3 aliphatic heterocycles. The fraction of sp³-hybridized carbons (Fsp3) is 0.450. The highest BCUT2D eigenvalue weighted by atomic mass is 32.2. The zero-order valence-electron chi connectivity index (χ0n) is 17.5. The van der Waals surface area contributed by atoms with E-state index in [0.29, 0.717) is 28.4 Å². The first-order valence-corrected chi connectivity index (χ1v) is 12.1. The maximum Gasteiger partial charge on any atom is 0.328 e. The topological polar surface area (TPSA) is 114 Å². The fourth-order valence-corrected chi connectivity index (χ4v) is 6.32. The number of anilines is 1. The van der Waals surface area contributed by atoms with E-state index in [1.807, 2.05) is 13.2 Å². The van der Waals surface area contributed by atoms with Gasteiger partial charge in [-0.1, -0.05) is 23.1 Å². The first-order chi connectivity index (χ1) is 15.2. The molecule has 3 aliphatic rings. The van der Waals surface area contributed by atoms with E-state index in [9.17, 15) is 14.4 Å². The Morgan fingerprint density at radius 3 is 2.59 bits per heavy atom. The summed E-state index contributed by atoms with van der Waals surface area (Å²) in [7, 11) is 0. The van der Waals surface area contributed by atoms with Gasteiger partial charge in [-0.25, -0.2) is 9.18 Å². The first kappa shape index (κ1) is 21.3. The van der Waals surface area contributed by atoms with Gasteiger partial charge in [0.1, 0.15) is 10.8 Å². The minimum Gasteiger partial charge on any atom is -0.372 e. The molecule has 168 valence electrons. The Bertz CT molecular complexity index is 1140. The van der Waals surface area contributed by atoms with Crippen molar-refractivity contribution in [2.24, 2.45) is 5.41 Å². The number of carbonyl (C=O) groups is 3. The Kier molecular flexibility index (Phi) is 4.98. The maximum atomic E-state index is 15.6. The number of hydrogen-bond donors (Lipinski definition) is 2. The largest absolute Gasteiger partial charge is 0.372 e. The Morgan fingerprint density at radius 1 is 1.22 bits per heavy atom. The highest BCUT2D eigenvalue weighted by molar-refractivity contribution is 8.00. The number of halogens is 1. The van der Waals surface area contributed by atoms with Crippen LogP contribution in [0.1, 0.15) is 19.4 Å². The summed E-state index contributed by atoms with van der Waals surface area (Å²) in [4.78, 5) is 39.9. The summed E-state index contributed by atoms with van der Waals surface area (Å²) < 4.78 is 22.2. The molecule has 1 aromatic carbocycles. The lowest BCUT2D eigenvalue weighted by Crippen LogP contribution is -2.75. The van der Waals surface area contributed by atoms with Gasteiger partial charge in [0.05, 0.1) is 23.9 Å². The summed E-state index contributed by atoms with van der Waals surface area (Å²) in [5, 5.41) is 13.2. The normalized spacial score (nSPS) is 26.4. The minimum atomic E-state index is -1.64. The second-order valence-corrected chi connectivity index (χ2v) is 10.2. The number of imide groups is 2. The van der Waals surface area contributed by atoms with Crippen molar-refractivity contribution in [3.05, 3.63) is 23.5 Å². The van der Waals surface area contributed by atoms with Gasteiger partial charge < -0.3 is 9.64 Å². The van der Waals surface area contributed by atoms with E-state index in [2.05, 4.69) is 20.8 Å². The van der Waals surface area contributed by atoms with Gasteiger partial charge >= 0.3 is 6.03 Å². The molecular weight excluding hydrogens is 457 g/mol. The molecule has 0 saturated carbocycles. The van der Waals surface area contributed by atoms with Gasteiger partial charge in [-0.2, -0.15) is 0 Å². The number of ether oxygens (including phenoxy) is 1. The highest BCUT2D eigenvalue weighted by Gasteiger charge is 2.63. The molecular formula is C20H20FN5O4S2. The lowest BCUT2D eigenvalue weighted by molar-refractivity contribution is -0.153. The minimum absolute atomic E-state index is 0.0739. The standard InChI is InChI=1S/C20H20FN5O4S2/c1-8-7-26-13-11(4-10(5-12(13)21)15-24-25-19(31-3)32-15)6-20(14(26)9(2)30-8)16(27)22-18(29)23-17(20)28/h4-5,8-9,14H,6-7H2,1-3H3,(H2,22,23,27,28,29). The summed E-state index contributed by atoms with van der Waals surface area (Å²) in [5.41, 5.74) is -0.275. The van der Waals surface area contributed by atoms with Crippen molar-refractivity contribution in [1.29, 1.82) is 0 Å². The Balaban J connectivity index is 1.70. The van der Waals surface area contributed by atoms with Crippen LogP contribution in [0, 0.1) is 11.2 Å². The van der Waals surface area contributed by atoms with Gasteiger partial charge in [-0.3, -0.25) is 20.2 Å². The van der Waals surface area contributed by atoms with Crippen LogP contribution < -0.4 is 15.5 Å². The van der Waals surface area contributed by atoms with Crippen molar-refractivity contribution < 1.29 is 23.5 Å². The van der Waals surface area contributed by atoms with Crippen LogP contribution >= 0.6 is 23.1 Å². The van der Waals surface area contributed by atoms with Gasteiger partial charge in [-0.15, -0.1) is 10.2 Å². The molecule has 1 spiro atoms. The molecule has 0 aliphatic carbocycles. The van der Waals surface area contributed by atoms with Crippen LogP contribution in [0.4, 0.5) is 14.9 Å². The predicted molar refractivity (Wildman–Crippen MR) is 116 cm³/mol. The number of barbiturate groups is 1. The van der Waals surface area contributed by atoms with Crippen LogP contribution in [0.2, 0.25) is 0 Å². The number of nitrogens with zero attached hydrogens (tertiary/aromatic N) is 3. The lowest BCUT2D eigenvalue weighted by atomic mass is 9.66. The number of carbonyl (C=O) groups excluding carboxylic acids is 3. The highest BCUT2D eigenvalue weighted by Crippen LogP contribution is 2.48. The summed E-state index contributed by atoms with van der Waals surface area (Å²) in [6, 6.07) is 1.53. The third kappa shape index (κ3) is 3.04. The van der Waals surface area contributed by atoms with E-state index >= 15 is 4.39 Å². The Hall–Kier alpha value is -2.57. The Labute approximate surface area is 191 Å². The van der Waals surface area contributed by atoms with Crippen molar-refractivity contribution in [3.8, 4) is 10.6 Å². The number of thioether (sulfide) groups is 1. The number of amides is 4. The molecule has 32 heavy (non-hydrogen) atoms. The summed E-state index contributed by atoms with van der Waals surface area (Å²) in [5.74, 6) is -1.88. The van der Waals surface area contributed by atoms with Crippen molar-refractivity contribution in [2.45, 2.75) is 42.9 Å². The van der Waals surface area contributed by atoms with Gasteiger partial charge in [0.25, 0.3) is 0 Å². The number of rotatable bonds is 2. The van der Waals surface area contributed by atoms with E-state index in [1.54, 1.807) is 17.9 Å². The molecule has 9 nitrogen and oxygen atoms in total. The summed E-state index contributed by atoms with van der Waals surface area (Å²) >= 11 is 2.78. The monoisotopic (exact) mass is 477 g/mol. The second-order valence-electron chi connectivity index (χ2n) is 8.18. The van der Waals surface area contributed by atoms with Crippen LogP contribution in [0.5, 0.6) is 0 Å². The lowest BCUT2D eigenvalue weighted by Gasteiger charge is -2.55. The van der Waals surface area contributed by atoms with E-state index in [0.717, 1.165) is 4.34 Å². The second kappa shape index (κ2) is 7.49. The van der Waals surface area contributed by atoms with Crippen LogP contribution in [-0.2, 0) is 20.7 Å². The summed E-state index contributed by atoms with van der Waals surface area (Å²) in [6.45, 7) is 3.91. The van der Waals surface area contributed by atoms with Crippen LogP contribution in [-0.4, -0.2) is 59.1 Å². The third-order valence-electron chi connectivity index (χ3n) is 6.18. The number of hydrogen-bond acceptors (Lipinski definition) is 9. The molecule has 12 heteroatoms. The number of benzene rings is 1. The number of morpholine rings is 1. The molecule has 2 aromatic rings. The SMILES string of the molecule is CSc1nnc(-c2cc(F)c3c(c2)CC2(C(=O)NC(=O)NC2=O)C2C(C)OC(C)CN32)s1. The average Bonchev–Trinajstić information content (AvgIpc) is 3.20. The van der Waals surface area contributed by atoms with Crippen molar-refractivity contribution in [2.75, 3.05) is 17.7 Å². The maximum absolute atomic E-state index is 15.6. The number of nitrogens with one attached hydrogen (secondary N) is 2. The molecule has 3 atom stereocenters. The van der Waals surface area contributed by atoms with E-state index in [4.69, 9.17) is 4.74 Å².